The van der Waals surface area contributed by atoms with E-state index in [-0.39, 0.29) is 24.1 Å². The molecule has 0 N–H and O–H groups in total. The number of aromatic nitrogens is 2. The Balaban J connectivity index is 1.74. The van der Waals surface area contributed by atoms with Gasteiger partial charge in [-0.3, -0.25) is 9.36 Å². The van der Waals surface area contributed by atoms with Crippen molar-refractivity contribution in [2.24, 2.45) is 0 Å². The summed E-state index contributed by atoms with van der Waals surface area (Å²) in [5.74, 6) is -0.951. The lowest BCUT2D eigenvalue weighted by Crippen LogP contribution is -2.29. The SMILES string of the molecule is CN(C(=O)Cn1cc(-c2ccc(F)cc2)n(-c2ccc(Cl)cc2)c1=S)c1ccc(F)cc1. The number of hydrogen-bond donors (Lipinski definition) is 0. The van der Waals surface area contributed by atoms with Crippen molar-refractivity contribution in [1.82, 2.24) is 9.13 Å². The number of rotatable bonds is 5. The Bertz CT molecular complexity index is 1310. The summed E-state index contributed by atoms with van der Waals surface area (Å²) >= 11 is 11.7. The monoisotopic (exact) mass is 469 g/mol. The van der Waals surface area contributed by atoms with Crippen molar-refractivity contribution in [2.45, 2.75) is 6.54 Å². The Hall–Kier alpha value is -3.29. The van der Waals surface area contributed by atoms with E-state index in [1.807, 2.05) is 16.7 Å². The third kappa shape index (κ3) is 4.49. The van der Waals surface area contributed by atoms with E-state index in [1.54, 1.807) is 42.1 Å². The molecule has 0 atom stereocenters. The van der Waals surface area contributed by atoms with Crippen LogP contribution < -0.4 is 4.90 Å². The average molecular weight is 470 g/mol. The number of hydrogen-bond acceptors (Lipinski definition) is 2. The van der Waals surface area contributed by atoms with Crippen LogP contribution >= 0.6 is 23.8 Å². The van der Waals surface area contributed by atoms with Gasteiger partial charge in [-0.2, -0.15) is 0 Å². The van der Waals surface area contributed by atoms with Crippen molar-refractivity contribution >= 4 is 35.4 Å². The van der Waals surface area contributed by atoms with Crippen molar-refractivity contribution < 1.29 is 13.6 Å². The highest BCUT2D eigenvalue weighted by Gasteiger charge is 2.17. The molecule has 0 saturated carbocycles. The molecule has 32 heavy (non-hydrogen) atoms. The van der Waals surface area contributed by atoms with Crippen LogP contribution in [-0.2, 0) is 11.3 Å². The van der Waals surface area contributed by atoms with Gasteiger partial charge in [-0.05, 0) is 85.0 Å². The van der Waals surface area contributed by atoms with Crippen LogP contribution in [0.3, 0.4) is 0 Å². The molecule has 0 aliphatic heterocycles. The summed E-state index contributed by atoms with van der Waals surface area (Å²) in [6, 6.07) is 18.9. The Morgan fingerprint density at radius 1 is 0.938 bits per heavy atom. The second kappa shape index (κ2) is 9.06. The molecule has 0 bridgehead atoms. The number of amides is 1. The normalized spacial score (nSPS) is 10.9. The second-order valence-electron chi connectivity index (χ2n) is 7.17. The van der Waals surface area contributed by atoms with Crippen LogP contribution in [0.4, 0.5) is 14.5 Å². The van der Waals surface area contributed by atoms with Crippen LogP contribution in [0.5, 0.6) is 0 Å². The minimum Gasteiger partial charge on any atom is -0.314 e. The van der Waals surface area contributed by atoms with E-state index in [2.05, 4.69) is 0 Å². The highest BCUT2D eigenvalue weighted by atomic mass is 35.5. The third-order valence-electron chi connectivity index (χ3n) is 5.07. The molecular weight excluding hydrogens is 452 g/mol. The highest BCUT2D eigenvalue weighted by molar-refractivity contribution is 7.71. The van der Waals surface area contributed by atoms with Gasteiger partial charge in [0.1, 0.15) is 18.2 Å². The van der Waals surface area contributed by atoms with E-state index < -0.39 is 0 Å². The maximum atomic E-state index is 13.5. The van der Waals surface area contributed by atoms with Gasteiger partial charge in [-0.1, -0.05) is 11.6 Å². The van der Waals surface area contributed by atoms with Crippen LogP contribution in [-0.4, -0.2) is 22.1 Å². The Morgan fingerprint density at radius 2 is 1.50 bits per heavy atom. The Morgan fingerprint density at radius 3 is 2.09 bits per heavy atom. The standard InChI is InChI=1S/C24H18ClF2N3OS/c1-28(20-12-8-19(27)9-13-20)23(31)15-29-14-22(16-2-6-18(26)7-3-16)30(24(29)32)21-10-4-17(25)5-11-21/h2-14H,15H2,1H3. The van der Waals surface area contributed by atoms with Gasteiger partial charge in [0.25, 0.3) is 0 Å². The molecule has 4 nitrogen and oxygen atoms in total. The average Bonchev–Trinajstić information content (AvgIpc) is 3.10. The predicted molar refractivity (Wildman–Crippen MR) is 125 cm³/mol. The summed E-state index contributed by atoms with van der Waals surface area (Å²) in [5.41, 5.74) is 2.77. The van der Waals surface area contributed by atoms with E-state index >= 15 is 0 Å². The number of benzene rings is 3. The fourth-order valence-electron chi connectivity index (χ4n) is 3.33. The van der Waals surface area contributed by atoms with Crippen molar-refractivity contribution in [2.75, 3.05) is 11.9 Å². The minimum atomic E-state index is -0.374. The molecule has 0 aliphatic rings. The molecule has 1 aromatic heterocycles. The molecule has 0 aliphatic carbocycles. The molecule has 162 valence electrons. The second-order valence-corrected chi connectivity index (χ2v) is 7.97. The molecule has 1 heterocycles. The molecule has 3 aromatic carbocycles. The number of halogens is 3. The highest BCUT2D eigenvalue weighted by Crippen LogP contribution is 2.26. The van der Waals surface area contributed by atoms with E-state index in [1.165, 1.54) is 41.3 Å². The van der Waals surface area contributed by atoms with Crippen LogP contribution in [0, 0.1) is 16.4 Å². The number of imidazole rings is 1. The maximum absolute atomic E-state index is 13.5. The van der Waals surface area contributed by atoms with Gasteiger partial charge < -0.3 is 9.47 Å². The summed E-state index contributed by atoms with van der Waals surface area (Å²) in [6.07, 6.45) is 1.76. The first-order valence-electron chi connectivity index (χ1n) is 9.69. The predicted octanol–water partition coefficient (Wildman–Crippen LogP) is 6.27. The van der Waals surface area contributed by atoms with Crippen molar-refractivity contribution in [3.8, 4) is 16.9 Å². The summed E-state index contributed by atoms with van der Waals surface area (Å²) in [6.45, 7) is -0.0263. The van der Waals surface area contributed by atoms with Gasteiger partial charge in [0.05, 0.1) is 5.69 Å². The minimum absolute atomic E-state index is 0.0263. The van der Waals surface area contributed by atoms with Gasteiger partial charge in [-0.25, -0.2) is 8.78 Å². The van der Waals surface area contributed by atoms with Gasteiger partial charge in [-0.15, -0.1) is 0 Å². The lowest BCUT2D eigenvalue weighted by Gasteiger charge is -2.17. The topological polar surface area (TPSA) is 30.2 Å². The van der Waals surface area contributed by atoms with Crippen molar-refractivity contribution in [3.05, 3.63) is 100 Å². The lowest BCUT2D eigenvalue weighted by molar-refractivity contribution is -0.118. The number of carbonyl (C=O) groups is 1. The Kier molecular flexibility index (Phi) is 6.21. The summed E-state index contributed by atoms with van der Waals surface area (Å²) in [4.78, 5) is 14.4. The van der Waals surface area contributed by atoms with Gasteiger partial charge in [0, 0.05) is 35.2 Å². The molecule has 4 rings (SSSR count). The first kappa shape index (κ1) is 21.9. The van der Waals surface area contributed by atoms with E-state index in [9.17, 15) is 13.6 Å². The summed E-state index contributed by atoms with van der Waals surface area (Å²) in [7, 11) is 1.62. The molecule has 0 unspecified atom stereocenters. The molecule has 8 heteroatoms. The van der Waals surface area contributed by atoms with E-state index in [4.69, 9.17) is 23.8 Å². The molecule has 0 spiro atoms. The zero-order valence-corrected chi connectivity index (χ0v) is 18.6. The number of anilines is 1. The number of nitrogens with zero attached hydrogens (tertiary/aromatic N) is 3. The molecular formula is C24H18ClF2N3OS. The molecule has 4 aromatic rings. The lowest BCUT2D eigenvalue weighted by atomic mass is 10.1. The fourth-order valence-corrected chi connectivity index (χ4v) is 3.78. The number of carbonyl (C=O) groups excluding carboxylic acids is 1. The van der Waals surface area contributed by atoms with Crippen LogP contribution in [0.25, 0.3) is 16.9 Å². The third-order valence-corrected chi connectivity index (χ3v) is 5.74. The smallest absolute Gasteiger partial charge is 0.246 e. The van der Waals surface area contributed by atoms with Crippen LogP contribution in [0.1, 0.15) is 0 Å². The maximum Gasteiger partial charge on any atom is 0.246 e. The van der Waals surface area contributed by atoms with E-state index in [0.717, 1.165) is 11.3 Å². The Labute approximate surface area is 193 Å². The largest absolute Gasteiger partial charge is 0.314 e. The molecule has 0 radical (unpaired) electrons. The zero-order chi connectivity index (χ0) is 22.8. The number of likely N-dealkylation sites (N-methyl/N-ethyl adjacent to an activating group) is 1. The van der Waals surface area contributed by atoms with Crippen molar-refractivity contribution in [3.63, 3.8) is 0 Å². The quantitative estimate of drug-likeness (QED) is 0.322. The molecule has 1 amide bonds. The van der Waals surface area contributed by atoms with Gasteiger partial charge >= 0.3 is 0 Å². The van der Waals surface area contributed by atoms with E-state index in [0.29, 0.717) is 21.2 Å². The van der Waals surface area contributed by atoms with Crippen LogP contribution in [0.15, 0.2) is 79.0 Å². The molecule has 0 fully saturated rings. The first-order chi connectivity index (χ1) is 15.3. The van der Waals surface area contributed by atoms with Crippen LogP contribution in [0.2, 0.25) is 5.02 Å². The molecule has 0 saturated heterocycles. The summed E-state index contributed by atoms with van der Waals surface area (Å²) < 4.78 is 30.6. The van der Waals surface area contributed by atoms with Crippen molar-refractivity contribution in [1.29, 1.82) is 0 Å². The van der Waals surface area contributed by atoms with Gasteiger partial charge in [0.15, 0.2) is 4.77 Å². The zero-order valence-electron chi connectivity index (χ0n) is 17.0. The fraction of sp³-hybridized carbons (Fsp3) is 0.0833. The van der Waals surface area contributed by atoms with Gasteiger partial charge in [0.2, 0.25) is 5.91 Å². The first-order valence-corrected chi connectivity index (χ1v) is 10.5. The summed E-state index contributed by atoms with van der Waals surface area (Å²) in [5, 5.41) is 0.583.